The van der Waals surface area contributed by atoms with Crippen molar-refractivity contribution in [3.05, 3.63) is 35.4 Å². The summed E-state index contributed by atoms with van der Waals surface area (Å²) in [6.45, 7) is 16.4. The molecule has 1 N–H and O–H groups in total. The van der Waals surface area contributed by atoms with E-state index in [-0.39, 0.29) is 41.1 Å². The minimum Gasteiger partial charge on any atom is -0.478 e. The number of aromatic carboxylic acids is 1. The third kappa shape index (κ3) is 4.71. The zero-order valence-electron chi connectivity index (χ0n) is 17.3. The standard InChI is InChI=1S/C21H32N2O3/c1-13(2)22(14(3)4)20(23(15(5)6)16(7)8)19(24)17-11-9-10-12-18(17)21(25)26/h9-16H,1-8H3/p+1. The maximum absolute atomic E-state index is 13.6. The lowest BCUT2D eigenvalue weighted by Crippen LogP contribution is -2.53. The van der Waals surface area contributed by atoms with E-state index in [0.29, 0.717) is 5.84 Å². The molecule has 0 unspecified atom stereocenters. The summed E-state index contributed by atoms with van der Waals surface area (Å²) >= 11 is 0. The molecule has 0 saturated carbocycles. The zero-order valence-corrected chi connectivity index (χ0v) is 17.3. The number of carbonyl (C=O) groups is 2. The number of carbonyl (C=O) groups excluding carboxylic acids is 1. The molecule has 26 heavy (non-hydrogen) atoms. The van der Waals surface area contributed by atoms with Crippen LogP contribution in [0.5, 0.6) is 0 Å². The second-order valence-electron chi connectivity index (χ2n) is 7.69. The first kappa shape index (κ1) is 21.9. The quantitative estimate of drug-likeness (QED) is 0.346. The van der Waals surface area contributed by atoms with Gasteiger partial charge >= 0.3 is 11.8 Å². The largest absolute Gasteiger partial charge is 0.478 e. The highest BCUT2D eigenvalue weighted by molar-refractivity contribution is 6.44. The Morgan fingerprint density at radius 3 is 1.62 bits per heavy atom. The monoisotopic (exact) mass is 361 g/mol. The maximum Gasteiger partial charge on any atom is 0.336 e. The van der Waals surface area contributed by atoms with Crippen LogP contribution in [0.25, 0.3) is 0 Å². The fourth-order valence-corrected chi connectivity index (χ4v) is 3.53. The molecule has 0 heterocycles. The van der Waals surface area contributed by atoms with Gasteiger partial charge in [-0.2, -0.15) is 0 Å². The number of carboxylic acids is 1. The molecule has 0 aliphatic rings. The normalized spacial score (nSPS) is 11.4. The zero-order chi connectivity index (χ0) is 20.2. The van der Waals surface area contributed by atoms with E-state index in [0.717, 1.165) is 0 Å². The molecular formula is C21H33N2O3+. The fourth-order valence-electron chi connectivity index (χ4n) is 3.53. The molecule has 0 radical (unpaired) electrons. The number of benzene rings is 1. The summed E-state index contributed by atoms with van der Waals surface area (Å²) in [6, 6.07) is 6.85. The molecule has 0 aliphatic carbocycles. The lowest BCUT2D eigenvalue weighted by molar-refractivity contribution is -0.590. The summed E-state index contributed by atoms with van der Waals surface area (Å²) in [6.07, 6.45) is 0. The summed E-state index contributed by atoms with van der Waals surface area (Å²) in [7, 11) is 0. The van der Waals surface area contributed by atoms with Gasteiger partial charge in [0.25, 0.3) is 5.78 Å². The van der Waals surface area contributed by atoms with E-state index in [4.69, 9.17) is 0 Å². The molecule has 1 aromatic carbocycles. The molecule has 5 nitrogen and oxygen atoms in total. The van der Waals surface area contributed by atoms with E-state index in [1.54, 1.807) is 18.2 Å². The van der Waals surface area contributed by atoms with Crippen molar-refractivity contribution < 1.29 is 19.3 Å². The van der Waals surface area contributed by atoms with Gasteiger partial charge < -0.3 is 5.11 Å². The Morgan fingerprint density at radius 1 is 0.846 bits per heavy atom. The first-order valence-electron chi connectivity index (χ1n) is 9.31. The highest BCUT2D eigenvalue weighted by atomic mass is 16.4. The van der Waals surface area contributed by atoms with Crippen LogP contribution in [0.3, 0.4) is 0 Å². The molecule has 0 aromatic heterocycles. The van der Waals surface area contributed by atoms with Crippen LogP contribution in [-0.4, -0.2) is 56.3 Å². The summed E-state index contributed by atoms with van der Waals surface area (Å²) < 4.78 is 2.08. The highest BCUT2D eigenvalue weighted by Gasteiger charge is 2.38. The summed E-state index contributed by atoms with van der Waals surface area (Å²) in [5.41, 5.74) is 0.266. The summed E-state index contributed by atoms with van der Waals surface area (Å²) in [4.78, 5) is 27.3. The first-order valence-corrected chi connectivity index (χ1v) is 9.31. The van der Waals surface area contributed by atoms with Crippen LogP contribution in [-0.2, 0) is 0 Å². The number of carboxylic acid groups (broad SMARTS) is 1. The smallest absolute Gasteiger partial charge is 0.336 e. The number of hydrogen-bond acceptors (Lipinski definition) is 2. The third-order valence-electron chi connectivity index (χ3n) is 4.32. The van der Waals surface area contributed by atoms with Gasteiger partial charge in [-0.15, -0.1) is 0 Å². The average molecular weight is 362 g/mol. The fraction of sp³-hybridized carbons (Fsp3) is 0.571. The molecule has 1 aromatic rings. The van der Waals surface area contributed by atoms with Crippen LogP contribution in [0.1, 0.15) is 76.1 Å². The minimum absolute atomic E-state index is 0.0370. The number of Topliss-reactive ketones (excluding diaryl/α,β-unsaturated/α-hetero) is 1. The minimum atomic E-state index is -1.09. The van der Waals surface area contributed by atoms with Crippen molar-refractivity contribution in [2.75, 3.05) is 0 Å². The van der Waals surface area contributed by atoms with Gasteiger partial charge in [0.2, 0.25) is 0 Å². The molecule has 0 fully saturated rings. The Hall–Kier alpha value is -2.17. The van der Waals surface area contributed by atoms with E-state index in [9.17, 15) is 14.7 Å². The molecule has 5 heteroatoms. The number of amidine groups is 1. The molecule has 0 aliphatic heterocycles. The number of ketones is 1. The number of rotatable bonds is 7. The van der Waals surface area contributed by atoms with Gasteiger partial charge in [-0.1, -0.05) is 12.1 Å². The van der Waals surface area contributed by atoms with Gasteiger partial charge in [0.15, 0.2) is 0 Å². The van der Waals surface area contributed by atoms with Crippen LogP contribution < -0.4 is 0 Å². The molecule has 1 rings (SSSR count). The van der Waals surface area contributed by atoms with Crippen LogP contribution in [0.4, 0.5) is 0 Å². The van der Waals surface area contributed by atoms with Gasteiger partial charge in [0.05, 0.1) is 29.7 Å². The SMILES string of the molecule is CC(C)N(C(C(=O)c1ccccc1C(=O)O)=[N+](C(C)C)C(C)C)C(C)C. The molecular weight excluding hydrogens is 328 g/mol. The Balaban J connectivity index is 3.79. The van der Waals surface area contributed by atoms with Crippen molar-refractivity contribution in [3.63, 3.8) is 0 Å². The van der Waals surface area contributed by atoms with Gasteiger partial charge in [0.1, 0.15) is 0 Å². The van der Waals surface area contributed by atoms with Crippen molar-refractivity contribution in [2.45, 2.75) is 79.6 Å². The van der Waals surface area contributed by atoms with E-state index in [1.165, 1.54) is 6.07 Å². The predicted molar refractivity (Wildman–Crippen MR) is 105 cm³/mol. The van der Waals surface area contributed by atoms with Gasteiger partial charge in [-0.25, -0.2) is 4.79 Å². The van der Waals surface area contributed by atoms with Crippen molar-refractivity contribution in [1.29, 1.82) is 0 Å². The average Bonchev–Trinajstić information content (AvgIpc) is 2.52. The lowest BCUT2D eigenvalue weighted by Gasteiger charge is -2.31. The van der Waals surface area contributed by atoms with E-state index in [1.807, 2.05) is 0 Å². The van der Waals surface area contributed by atoms with Crippen LogP contribution >= 0.6 is 0 Å². The van der Waals surface area contributed by atoms with Gasteiger partial charge in [-0.05, 0) is 67.5 Å². The Morgan fingerprint density at radius 2 is 1.27 bits per heavy atom. The van der Waals surface area contributed by atoms with E-state index in [2.05, 4.69) is 64.9 Å². The molecule has 144 valence electrons. The third-order valence-corrected chi connectivity index (χ3v) is 4.32. The van der Waals surface area contributed by atoms with E-state index >= 15 is 0 Å². The van der Waals surface area contributed by atoms with Gasteiger partial charge in [-0.3, -0.25) is 14.3 Å². The molecule has 0 spiro atoms. The predicted octanol–water partition coefficient (Wildman–Crippen LogP) is 3.91. The first-order chi connectivity index (χ1) is 12.0. The lowest BCUT2D eigenvalue weighted by atomic mass is 10.0. The topological polar surface area (TPSA) is 60.6 Å². The summed E-state index contributed by atoms with van der Waals surface area (Å²) in [5.74, 6) is -0.768. The van der Waals surface area contributed by atoms with Crippen LogP contribution in [0.2, 0.25) is 0 Å². The Kier molecular flexibility index (Phi) is 7.54. The van der Waals surface area contributed by atoms with Crippen molar-refractivity contribution in [3.8, 4) is 0 Å². The van der Waals surface area contributed by atoms with Crippen LogP contribution in [0.15, 0.2) is 24.3 Å². The number of nitrogens with zero attached hydrogens (tertiary/aromatic N) is 2. The number of hydrogen-bond donors (Lipinski definition) is 1. The van der Waals surface area contributed by atoms with Crippen molar-refractivity contribution >= 4 is 17.6 Å². The maximum atomic E-state index is 13.6. The summed E-state index contributed by atoms with van der Waals surface area (Å²) in [5, 5.41) is 9.52. The Bertz CT molecular complexity index is 670. The highest BCUT2D eigenvalue weighted by Crippen LogP contribution is 2.17. The second kappa shape index (κ2) is 8.97. The molecule has 0 bridgehead atoms. The van der Waals surface area contributed by atoms with Gasteiger partial charge in [0, 0.05) is 5.56 Å². The molecule has 0 atom stereocenters. The second-order valence-corrected chi connectivity index (χ2v) is 7.69. The van der Waals surface area contributed by atoms with E-state index < -0.39 is 5.97 Å². The van der Waals surface area contributed by atoms with Crippen LogP contribution in [0, 0.1) is 0 Å². The molecule has 0 saturated heterocycles. The Labute approximate surface area is 157 Å². The van der Waals surface area contributed by atoms with Crippen molar-refractivity contribution in [1.82, 2.24) is 4.90 Å². The van der Waals surface area contributed by atoms with Crippen molar-refractivity contribution in [2.24, 2.45) is 0 Å². The molecule has 0 amide bonds.